The molecule has 5 heteroatoms. The first-order valence-electron chi connectivity index (χ1n) is 7.21. The summed E-state index contributed by atoms with van der Waals surface area (Å²) in [6.07, 6.45) is 1.88. The number of hydrogen-bond donors (Lipinski definition) is 1. The molecule has 0 aliphatic rings. The molecule has 0 atom stereocenters. The monoisotopic (exact) mass is 314 g/mol. The van der Waals surface area contributed by atoms with Crippen LogP contribution in [0.25, 0.3) is 0 Å². The van der Waals surface area contributed by atoms with E-state index in [2.05, 4.69) is 13.8 Å². The molecule has 1 rings (SSSR count). The van der Waals surface area contributed by atoms with Crippen LogP contribution in [0.3, 0.4) is 0 Å². The van der Waals surface area contributed by atoms with Crippen molar-refractivity contribution in [3.05, 3.63) is 29.3 Å². The Bertz CT molecular complexity index is 448. The van der Waals surface area contributed by atoms with E-state index in [-0.39, 0.29) is 24.4 Å². The van der Waals surface area contributed by atoms with Crippen molar-refractivity contribution in [3.8, 4) is 0 Å². The number of amides is 1. The van der Waals surface area contributed by atoms with E-state index in [9.17, 15) is 4.79 Å². The molecule has 0 spiro atoms. The van der Waals surface area contributed by atoms with Crippen LogP contribution in [0.15, 0.2) is 18.2 Å². The Kier molecular flexibility index (Phi) is 9.06. The van der Waals surface area contributed by atoms with Gasteiger partial charge in [0.1, 0.15) is 0 Å². The summed E-state index contributed by atoms with van der Waals surface area (Å²) < 4.78 is 5.13. The number of hydrogen-bond acceptors (Lipinski definition) is 3. The van der Waals surface area contributed by atoms with Crippen LogP contribution >= 0.6 is 12.4 Å². The van der Waals surface area contributed by atoms with Crippen molar-refractivity contribution in [2.45, 2.75) is 39.7 Å². The van der Waals surface area contributed by atoms with Crippen molar-refractivity contribution in [3.63, 3.8) is 0 Å². The zero-order valence-electron chi connectivity index (χ0n) is 13.4. The van der Waals surface area contributed by atoms with Gasteiger partial charge in [0.15, 0.2) is 0 Å². The Hall–Kier alpha value is -1.26. The number of aryl methyl sites for hydroxylation is 1. The molecule has 4 nitrogen and oxygen atoms in total. The lowest BCUT2D eigenvalue weighted by Gasteiger charge is -2.31. The molecule has 2 N–H and O–H groups in total. The molecule has 1 aromatic carbocycles. The minimum Gasteiger partial charge on any atom is -0.399 e. The molecule has 0 fully saturated rings. The second-order valence-electron chi connectivity index (χ2n) is 5.04. The number of ether oxygens (including phenoxy) is 1. The standard InChI is InChI=1S/C16H26N2O2.ClH/c1-5-14(6-2)18(9-10-20-4)16(19)15-11-13(17)8-7-12(15)3;/h7-8,11,14H,5-6,9-10,17H2,1-4H3;1H. The van der Waals surface area contributed by atoms with Crippen molar-refractivity contribution in [2.75, 3.05) is 26.0 Å². The van der Waals surface area contributed by atoms with E-state index < -0.39 is 0 Å². The number of nitrogens with two attached hydrogens (primary N) is 1. The maximum absolute atomic E-state index is 12.8. The molecule has 0 aromatic heterocycles. The Morgan fingerprint density at radius 1 is 1.33 bits per heavy atom. The number of carbonyl (C=O) groups excluding carboxylic acids is 1. The Morgan fingerprint density at radius 2 is 1.95 bits per heavy atom. The third-order valence-electron chi connectivity index (χ3n) is 3.67. The number of benzene rings is 1. The number of rotatable bonds is 7. The fraction of sp³-hybridized carbons (Fsp3) is 0.562. The van der Waals surface area contributed by atoms with Crippen molar-refractivity contribution in [1.29, 1.82) is 0 Å². The molecule has 0 radical (unpaired) electrons. The number of nitrogen functional groups attached to an aromatic ring is 1. The first-order chi connectivity index (χ1) is 9.54. The highest BCUT2D eigenvalue weighted by Crippen LogP contribution is 2.18. The molecule has 21 heavy (non-hydrogen) atoms. The second-order valence-corrected chi connectivity index (χ2v) is 5.04. The Labute approximate surface area is 134 Å². The topological polar surface area (TPSA) is 55.6 Å². The van der Waals surface area contributed by atoms with Gasteiger partial charge in [-0.25, -0.2) is 0 Å². The molecule has 120 valence electrons. The summed E-state index contributed by atoms with van der Waals surface area (Å²) in [6, 6.07) is 5.71. The van der Waals surface area contributed by atoms with Gasteiger partial charge in [0.2, 0.25) is 0 Å². The average Bonchev–Trinajstić information content (AvgIpc) is 2.45. The van der Waals surface area contributed by atoms with Crippen LogP contribution in [-0.2, 0) is 4.74 Å². The lowest BCUT2D eigenvalue weighted by molar-refractivity contribution is 0.0589. The molecule has 0 saturated heterocycles. The largest absolute Gasteiger partial charge is 0.399 e. The van der Waals surface area contributed by atoms with Crippen LogP contribution in [0.1, 0.15) is 42.6 Å². The molecule has 0 aliphatic heterocycles. The molecule has 0 saturated carbocycles. The van der Waals surface area contributed by atoms with Gasteiger partial charge in [0.05, 0.1) is 6.61 Å². The normalized spacial score (nSPS) is 10.3. The van der Waals surface area contributed by atoms with Crippen molar-refractivity contribution in [1.82, 2.24) is 4.90 Å². The van der Waals surface area contributed by atoms with Crippen molar-refractivity contribution in [2.24, 2.45) is 0 Å². The summed E-state index contributed by atoms with van der Waals surface area (Å²) in [5.41, 5.74) is 8.08. The Balaban J connectivity index is 0.00000400. The number of anilines is 1. The number of halogens is 1. The highest BCUT2D eigenvalue weighted by molar-refractivity contribution is 5.96. The summed E-state index contributed by atoms with van der Waals surface area (Å²) in [5.74, 6) is 0.0422. The van der Waals surface area contributed by atoms with Gasteiger partial charge in [0, 0.05) is 30.9 Å². The Morgan fingerprint density at radius 3 is 2.48 bits per heavy atom. The number of carbonyl (C=O) groups is 1. The quantitative estimate of drug-likeness (QED) is 0.786. The van der Waals surface area contributed by atoms with E-state index in [1.165, 1.54) is 0 Å². The lowest BCUT2D eigenvalue weighted by atomic mass is 10.0. The van der Waals surface area contributed by atoms with Crippen LogP contribution in [0.5, 0.6) is 0 Å². The molecular formula is C16H27ClN2O2. The van der Waals surface area contributed by atoms with Gasteiger partial charge < -0.3 is 15.4 Å². The minimum atomic E-state index is 0. The molecule has 0 aliphatic carbocycles. The van der Waals surface area contributed by atoms with Crippen LogP contribution in [-0.4, -0.2) is 37.1 Å². The van der Waals surface area contributed by atoms with Gasteiger partial charge in [-0.2, -0.15) is 0 Å². The zero-order valence-corrected chi connectivity index (χ0v) is 14.2. The lowest BCUT2D eigenvalue weighted by Crippen LogP contribution is -2.42. The van der Waals surface area contributed by atoms with Gasteiger partial charge in [-0.1, -0.05) is 19.9 Å². The van der Waals surface area contributed by atoms with Crippen LogP contribution in [0.4, 0.5) is 5.69 Å². The summed E-state index contributed by atoms with van der Waals surface area (Å²) in [6.45, 7) is 7.30. The zero-order chi connectivity index (χ0) is 15.1. The molecule has 0 heterocycles. The number of nitrogens with zero attached hydrogens (tertiary/aromatic N) is 1. The average molecular weight is 315 g/mol. The van der Waals surface area contributed by atoms with E-state index in [1.807, 2.05) is 24.0 Å². The third-order valence-corrected chi connectivity index (χ3v) is 3.67. The molecule has 0 bridgehead atoms. The highest BCUT2D eigenvalue weighted by atomic mass is 35.5. The molecule has 0 unspecified atom stereocenters. The summed E-state index contributed by atoms with van der Waals surface area (Å²) in [7, 11) is 1.65. The first kappa shape index (κ1) is 19.7. The van der Waals surface area contributed by atoms with E-state index in [4.69, 9.17) is 10.5 Å². The van der Waals surface area contributed by atoms with Crippen LogP contribution in [0.2, 0.25) is 0 Å². The third kappa shape index (κ3) is 5.21. The molecule has 1 aromatic rings. The van der Waals surface area contributed by atoms with E-state index in [1.54, 1.807) is 13.2 Å². The van der Waals surface area contributed by atoms with Crippen molar-refractivity contribution >= 4 is 24.0 Å². The fourth-order valence-corrected chi connectivity index (χ4v) is 2.39. The SMILES string of the molecule is CCC(CC)N(CCOC)C(=O)c1cc(N)ccc1C.Cl. The van der Waals surface area contributed by atoms with Gasteiger partial charge in [-0.3, -0.25) is 4.79 Å². The van der Waals surface area contributed by atoms with E-state index in [0.29, 0.717) is 24.4 Å². The van der Waals surface area contributed by atoms with Crippen LogP contribution in [0, 0.1) is 6.92 Å². The maximum atomic E-state index is 12.8. The molecular weight excluding hydrogens is 288 g/mol. The molecule has 1 amide bonds. The summed E-state index contributed by atoms with van der Waals surface area (Å²) in [5, 5.41) is 0. The van der Waals surface area contributed by atoms with Gasteiger partial charge >= 0.3 is 0 Å². The first-order valence-corrected chi connectivity index (χ1v) is 7.21. The van der Waals surface area contributed by atoms with Gasteiger partial charge in [-0.15, -0.1) is 12.4 Å². The maximum Gasteiger partial charge on any atom is 0.254 e. The van der Waals surface area contributed by atoms with Gasteiger partial charge in [-0.05, 0) is 37.5 Å². The minimum absolute atomic E-state index is 0. The van der Waals surface area contributed by atoms with E-state index >= 15 is 0 Å². The summed E-state index contributed by atoms with van der Waals surface area (Å²) >= 11 is 0. The van der Waals surface area contributed by atoms with Crippen LogP contribution < -0.4 is 5.73 Å². The highest BCUT2D eigenvalue weighted by Gasteiger charge is 2.23. The smallest absolute Gasteiger partial charge is 0.254 e. The predicted molar refractivity (Wildman–Crippen MR) is 90.1 cm³/mol. The van der Waals surface area contributed by atoms with Crippen molar-refractivity contribution < 1.29 is 9.53 Å². The summed E-state index contributed by atoms with van der Waals surface area (Å²) in [4.78, 5) is 14.7. The second kappa shape index (κ2) is 9.64. The van der Waals surface area contributed by atoms with E-state index in [0.717, 1.165) is 18.4 Å². The fourth-order valence-electron chi connectivity index (χ4n) is 2.39. The number of methoxy groups -OCH3 is 1. The van der Waals surface area contributed by atoms with Gasteiger partial charge in [0.25, 0.3) is 5.91 Å². The predicted octanol–water partition coefficient (Wildman–Crippen LogP) is 3.28.